The molecule has 1 aromatic heterocycles. The summed E-state index contributed by atoms with van der Waals surface area (Å²) < 4.78 is 0. The topological polar surface area (TPSA) is 81.9 Å². The number of hydrogen-bond acceptors (Lipinski definition) is 5. The number of nitriles is 1. The molecule has 6 heteroatoms. The number of piperidine rings is 1. The molecule has 3 rings (SSSR count). The van der Waals surface area contributed by atoms with Crippen LogP contribution in [0.1, 0.15) is 48.5 Å². The number of rotatable bonds is 4. The van der Waals surface area contributed by atoms with Crippen LogP contribution in [0.4, 0.5) is 11.6 Å². The van der Waals surface area contributed by atoms with Crippen molar-refractivity contribution >= 4 is 17.5 Å². The number of nitrogens with one attached hydrogen (secondary N) is 1. The van der Waals surface area contributed by atoms with Gasteiger partial charge >= 0.3 is 0 Å². The average molecular weight is 335 g/mol. The van der Waals surface area contributed by atoms with Crippen LogP contribution < -0.4 is 5.32 Å². The number of hydrogen-bond donors (Lipinski definition) is 1. The summed E-state index contributed by atoms with van der Waals surface area (Å²) in [6.45, 7) is 2.93. The molecule has 1 aromatic carbocycles. The lowest BCUT2D eigenvalue weighted by Gasteiger charge is -2.35. The summed E-state index contributed by atoms with van der Waals surface area (Å²) >= 11 is 0. The lowest BCUT2D eigenvalue weighted by Crippen LogP contribution is -2.43. The second-order valence-electron chi connectivity index (χ2n) is 6.17. The molecule has 1 aliphatic heterocycles. The predicted molar refractivity (Wildman–Crippen MR) is 95.4 cm³/mol. The minimum absolute atomic E-state index is 0.0106. The van der Waals surface area contributed by atoms with Gasteiger partial charge in [0.25, 0.3) is 5.91 Å². The van der Waals surface area contributed by atoms with Gasteiger partial charge in [0.15, 0.2) is 0 Å². The van der Waals surface area contributed by atoms with Crippen molar-refractivity contribution in [1.29, 1.82) is 5.26 Å². The summed E-state index contributed by atoms with van der Waals surface area (Å²) in [5.74, 6) is 0.434. The molecule has 2 aromatic rings. The van der Waals surface area contributed by atoms with Gasteiger partial charge in [0.05, 0.1) is 17.2 Å². The first-order valence-corrected chi connectivity index (χ1v) is 8.61. The van der Waals surface area contributed by atoms with E-state index >= 15 is 0 Å². The Morgan fingerprint density at radius 2 is 2.00 bits per heavy atom. The van der Waals surface area contributed by atoms with Crippen molar-refractivity contribution in [3.63, 3.8) is 0 Å². The second-order valence-corrected chi connectivity index (χ2v) is 6.17. The highest BCUT2D eigenvalue weighted by Crippen LogP contribution is 2.22. The molecule has 25 heavy (non-hydrogen) atoms. The van der Waals surface area contributed by atoms with E-state index in [1.807, 2.05) is 4.90 Å². The van der Waals surface area contributed by atoms with Gasteiger partial charge in [-0.2, -0.15) is 5.26 Å². The number of carbonyl (C=O) groups is 1. The highest BCUT2D eigenvalue weighted by Gasteiger charge is 2.26. The molecule has 0 spiro atoms. The van der Waals surface area contributed by atoms with Gasteiger partial charge in [-0.15, -0.1) is 0 Å². The van der Waals surface area contributed by atoms with E-state index in [4.69, 9.17) is 5.26 Å². The van der Waals surface area contributed by atoms with Crippen LogP contribution in [0, 0.1) is 11.3 Å². The molecule has 1 aliphatic rings. The standard InChI is InChI=1S/C19H21N5O/c1-2-17-5-3-4-10-24(17)18(25)15-12-21-19(22-13-15)23-16-8-6-14(11-20)7-9-16/h6-9,12-13,17H,2-5,10H2,1H3,(H,21,22,23). The monoisotopic (exact) mass is 335 g/mol. The number of aromatic nitrogens is 2. The number of carbonyl (C=O) groups excluding carboxylic acids is 1. The predicted octanol–water partition coefficient (Wildman–Crippen LogP) is 3.50. The molecule has 1 atom stereocenters. The Morgan fingerprint density at radius 3 is 2.64 bits per heavy atom. The molecule has 6 nitrogen and oxygen atoms in total. The Labute approximate surface area is 147 Å². The third-order valence-electron chi connectivity index (χ3n) is 4.53. The van der Waals surface area contributed by atoms with E-state index in [1.54, 1.807) is 36.7 Å². The third kappa shape index (κ3) is 3.94. The number of amides is 1. The van der Waals surface area contributed by atoms with Crippen LogP contribution in [-0.4, -0.2) is 33.4 Å². The molecule has 2 heterocycles. The van der Waals surface area contributed by atoms with Gasteiger partial charge in [-0.25, -0.2) is 9.97 Å². The first-order valence-electron chi connectivity index (χ1n) is 8.61. The number of nitrogens with zero attached hydrogens (tertiary/aromatic N) is 4. The van der Waals surface area contributed by atoms with Crippen molar-refractivity contribution in [3.05, 3.63) is 47.8 Å². The average Bonchev–Trinajstić information content (AvgIpc) is 2.68. The lowest BCUT2D eigenvalue weighted by atomic mass is 9.99. The maximum Gasteiger partial charge on any atom is 0.257 e. The molecular weight excluding hydrogens is 314 g/mol. The minimum atomic E-state index is 0.0106. The Morgan fingerprint density at radius 1 is 1.28 bits per heavy atom. The molecule has 1 amide bonds. The van der Waals surface area contributed by atoms with Gasteiger partial charge in [-0.05, 0) is 49.9 Å². The van der Waals surface area contributed by atoms with Gasteiger partial charge in [-0.1, -0.05) is 6.92 Å². The molecule has 1 fully saturated rings. The second kappa shape index (κ2) is 7.75. The number of anilines is 2. The van der Waals surface area contributed by atoms with Crippen molar-refractivity contribution in [3.8, 4) is 6.07 Å². The molecule has 1 N–H and O–H groups in total. The van der Waals surface area contributed by atoms with E-state index in [0.29, 0.717) is 23.1 Å². The van der Waals surface area contributed by atoms with Gasteiger partial charge in [-0.3, -0.25) is 4.79 Å². The fraction of sp³-hybridized carbons (Fsp3) is 0.368. The van der Waals surface area contributed by atoms with Crippen LogP contribution in [0.2, 0.25) is 0 Å². The van der Waals surface area contributed by atoms with E-state index in [1.165, 1.54) is 6.42 Å². The summed E-state index contributed by atoms with van der Waals surface area (Å²) in [5, 5.41) is 11.9. The number of benzene rings is 1. The van der Waals surface area contributed by atoms with Crippen LogP contribution >= 0.6 is 0 Å². The van der Waals surface area contributed by atoms with E-state index in [2.05, 4.69) is 28.3 Å². The fourth-order valence-electron chi connectivity index (χ4n) is 3.12. The van der Waals surface area contributed by atoms with Crippen LogP contribution in [0.25, 0.3) is 0 Å². The summed E-state index contributed by atoms with van der Waals surface area (Å²) in [6, 6.07) is 9.43. The van der Waals surface area contributed by atoms with Gasteiger partial charge < -0.3 is 10.2 Å². The maximum atomic E-state index is 12.7. The van der Waals surface area contributed by atoms with Crippen molar-refractivity contribution in [1.82, 2.24) is 14.9 Å². The van der Waals surface area contributed by atoms with Crippen LogP contribution in [-0.2, 0) is 0 Å². The largest absolute Gasteiger partial charge is 0.336 e. The first-order chi connectivity index (χ1) is 12.2. The Balaban J connectivity index is 1.68. The van der Waals surface area contributed by atoms with Crippen molar-refractivity contribution in [2.75, 3.05) is 11.9 Å². The molecule has 1 unspecified atom stereocenters. The van der Waals surface area contributed by atoms with Gasteiger partial charge in [0.1, 0.15) is 0 Å². The molecular formula is C19H21N5O. The van der Waals surface area contributed by atoms with Crippen molar-refractivity contribution in [2.45, 2.75) is 38.6 Å². The quantitative estimate of drug-likeness (QED) is 0.925. The summed E-state index contributed by atoms with van der Waals surface area (Å²) in [5.41, 5.74) is 1.91. The normalized spacial score (nSPS) is 17.0. The van der Waals surface area contributed by atoms with E-state index < -0.39 is 0 Å². The summed E-state index contributed by atoms with van der Waals surface area (Å²) in [4.78, 5) is 23.2. The molecule has 128 valence electrons. The highest BCUT2D eigenvalue weighted by molar-refractivity contribution is 5.94. The zero-order valence-electron chi connectivity index (χ0n) is 14.3. The summed E-state index contributed by atoms with van der Waals surface area (Å²) in [6.07, 6.45) is 7.44. The van der Waals surface area contributed by atoms with Crippen molar-refractivity contribution in [2.24, 2.45) is 0 Å². The molecule has 0 saturated carbocycles. The van der Waals surface area contributed by atoms with E-state index in [-0.39, 0.29) is 5.91 Å². The van der Waals surface area contributed by atoms with Gasteiger partial charge in [0, 0.05) is 30.7 Å². The Kier molecular flexibility index (Phi) is 5.24. The van der Waals surface area contributed by atoms with Crippen LogP contribution in [0.3, 0.4) is 0 Å². The molecule has 0 radical (unpaired) electrons. The highest BCUT2D eigenvalue weighted by atomic mass is 16.2. The number of likely N-dealkylation sites (tertiary alicyclic amines) is 1. The zero-order valence-corrected chi connectivity index (χ0v) is 14.3. The smallest absolute Gasteiger partial charge is 0.257 e. The molecule has 0 bridgehead atoms. The van der Waals surface area contributed by atoms with Crippen LogP contribution in [0.5, 0.6) is 0 Å². The van der Waals surface area contributed by atoms with Crippen molar-refractivity contribution < 1.29 is 4.79 Å². The van der Waals surface area contributed by atoms with E-state index in [0.717, 1.165) is 31.5 Å². The maximum absolute atomic E-state index is 12.7. The molecule has 0 aliphatic carbocycles. The SMILES string of the molecule is CCC1CCCCN1C(=O)c1cnc(Nc2ccc(C#N)cc2)nc1. The zero-order chi connectivity index (χ0) is 17.6. The van der Waals surface area contributed by atoms with Crippen LogP contribution in [0.15, 0.2) is 36.7 Å². The summed E-state index contributed by atoms with van der Waals surface area (Å²) in [7, 11) is 0. The van der Waals surface area contributed by atoms with Gasteiger partial charge in [0.2, 0.25) is 5.95 Å². The first kappa shape index (κ1) is 16.9. The Hall–Kier alpha value is -2.94. The minimum Gasteiger partial charge on any atom is -0.336 e. The third-order valence-corrected chi connectivity index (χ3v) is 4.53. The van der Waals surface area contributed by atoms with E-state index in [9.17, 15) is 4.79 Å². The fourth-order valence-corrected chi connectivity index (χ4v) is 3.12. The molecule has 1 saturated heterocycles. The lowest BCUT2D eigenvalue weighted by molar-refractivity contribution is 0.0607. The Bertz CT molecular complexity index is 764.